The predicted octanol–water partition coefficient (Wildman–Crippen LogP) is 5.05. The van der Waals surface area contributed by atoms with Crippen molar-refractivity contribution in [3.8, 4) is 0 Å². The van der Waals surface area contributed by atoms with Crippen molar-refractivity contribution in [1.29, 1.82) is 0 Å². The van der Waals surface area contributed by atoms with Crippen molar-refractivity contribution in [3.05, 3.63) is 46.1 Å². The number of anilines is 2. The van der Waals surface area contributed by atoms with E-state index in [1.54, 1.807) is 0 Å². The first kappa shape index (κ1) is 23.5. The van der Waals surface area contributed by atoms with Crippen molar-refractivity contribution in [2.24, 2.45) is 5.92 Å². The lowest BCUT2D eigenvalue weighted by Gasteiger charge is -2.38. The largest absolute Gasteiger partial charge is 0.381 e. The van der Waals surface area contributed by atoms with Crippen LogP contribution in [0.15, 0.2) is 30.3 Å². The highest BCUT2D eigenvalue weighted by molar-refractivity contribution is 7.80. The molecule has 9 heteroatoms. The van der Waals surface area contributed by atoms with Gasteiger partial charge in [-0.1, -0.05) is 42.3 Å². The van der Waals surface area contributed by atoms with Crippen LogP contribution in [0.1, 0.15) is 38.2 Å². The van der Waals surface area contributed by atoms with Crippen molar-refractivity contribution in [2.45, 2.75) is 38.0 Å². The average molecular weight is 494 g/mol. The summed E-state index contributed by atoms with van der Waals surface area (Å²) in [7, 11) is 0. The van der Waals surface area contributed by atoms with Crippen molar-refractivity contribution in [1.82, 2.24) is 15.3 Å². The quantitative estimate of drug-likeness (QED) is 0.445. The van der Waals surface area contributed by atoms with E-state index in [0.29, 0.717) is 41.9 Å². The van der Waals surface area contributed by atoms with E-state index < -0.39 is 0 Å². The van der Waals surface area contributed by atoms with Gasteiger partial charge in [0.2, 0.25) is 5.95 Å². The monoisotopic (exact) mass is 493 g/mol. The van der Waals surface area contributed by atoms with E-state index in [1.807, 2.05) is 24.3 Å². The fraction of sp³-hybridized carbons (Fsp3) is 0.522. The van der Waals surface area contributed by atoms with Gasteiger partial charge in [0.1, 0.15) is 11.0 Å². The first-order valence-electron chi connectivity index (χ1n) is 11.1. The number of benzene rings is 1. The van der Waals surface area contributed by atoms with Crippen molar-refractivity contribution in [3.63, 3.8) is 0 Å². The van der Waals surface area contributed by atoms with Gasteiger partial charge in [-0.15, -0.1) is 0 Å². The molecule has 0 unspecified atom stereocenters. The zero-order chi connectivity index (χ0) is 22.6. The molecule has 0 bridgehead atoms. The first-order valence-corrected chi connectivity index (χ1v) is 12.3. The maximum atomic E-state index is 6.30. The lowest BCUT2D eigenvalue weighted by molar-refractivity contribution is 0.0515. The second kappa shape index (κ2) is 10.5. The minimum absolute atomic E-state index is 0.0980. The lowest BCUT2D eigenvalue weighted by Crippen LogP contribution is -2.45. The van der Waals surface area contributed by atoms with Crippen LogP contribution >= 0.6 is 35.4 Å². The van der Waals surface area contributed by atoms with Crippen molar-refractivity contribution < 1.29 is 4.74 Å². The Kier molecular flexibility index (Phi) is 7.71. The molecule has 2 fully saturated rings. The minimum Gasteiger partial charge on any atom is -0.381 e. The number of nitrogens with one attached hydrogen (secondary N) is 2. The van der Waals surface area contributed by atoms with Crippen LogP contribution in [0.4, 0.5) is 11.8 Å². The summed E-state index contributed by atoms with van der Waals surface area (Å²) in [6.45, 7) is 6.30. The van der Waals surface area contributed by atoms with Crippen LogP contribution in [0.25, 0.3) is 0 Å². The molecule has 2 saturated heterocycles. The summed E-state index contributed by atoms with van der Waals surface area (Å²) in [5.74, 6) is 1.88. The Morgan fingerprint density at radius 2 is 2.06 bits per heavy atom. The third-order valence-electron chi connectivity index (χ3n) is 6.36. The predicted molar refractivity (Wildman–Crippen MR) is 135 cm³/mol. The van der Waals surface area contributed by atoms with Gasteiger partial charge in [-0.25, -0.2) is 4.98 Å². The second-order valence-corrected chi connectivity index (χ2v) is 10.0. The van der Waals surface area contributed by atoms with E-state index in [2.05, 4.69) is 38.5 Å². The zero-order valence-electron chi connectivity index (χ0n) is 18.2. The summed E-state index contributed by atoms with van der Waals surface area (Å²) in [5.41, 5.74) is 1.10. The minimum atomic E-state index is -0.0980. The third kappa shape index (κ3) is 5.81. The molecule has 1 aromatic carbocycles. The van der Waals surface area contributed by atoms with Crippen LogP contribution < -0.4 is 15.5 Å². The van der Waals surface area contributed by atoms with Gasteiger partial charge >= 0.3 is 0 Å². The molecule has 1 aromatic heterocycles. The Morgan fingerprint density at radius 1 is 1.25 bits per heavy atom. The van der Waals surface area contributed by atoms with Gasteiger partial charge in [-0.2, -0.15) is 4.98 Å². The van der Waals surface area contributed by atoms with Gasteiger partial charge in [0.05, 0.1) is 0 Å². The molecule has 3 heterocycles. The average Bonchev–Trinajstić information content (AvgIpc) is 2.78. The van der Waals surface area contributed by atoms with Gasteiger partial charge in [-0.05, 0) is 61.5 Å². The molecule has 2 aliphatic rings. The zero-order valence-corrected chi connectivity index (χ0v) is 20.6. The maximum absolute atomic E-state index is 6.30. The van der Waals surface area contributed by atoms with E-state index in [-0.39, 0.29) is 5.41 Å². The van der Waals surface area contributed by atoms with Crippen LogP contribution in [0.2, 0.25) is 10.2 Å². The Morgan fingerprint density at radius 3 is 2.81 bits per heavy atom. The molecule has 2 aliphatic heterocycles. The molecule has 0 amide bonds. The van der Waals surface area contributed by atoms with Gasteiger partial charge in [0.25, 0.3) is 0 Å². The SMILES string of the molecule is C[C@H]1CCCN(c2cc(Cl)nc(NC(=S)NCC3(c4cccc(Cl)c4)CCOCC3)n2)C1. The molecule has 4 rings (SSSR count). The number of ether oxygens (including phenoxy) is 1. The van der Waals surface area contributed by atoms with E-state index in [4.69, 9.17) is 40.2 Å². The number of hydrogen-bond donors (Lipinski definition) is 2. The normalized spacial score (nSPS) is 20.6. The van der Waals surface area contributed by atoms with Crippen LogP contribution in [0.3, 0.4) is 0 Å². The highest BCUT2D eigenvalue weighted by atomic mass is 35.5. The van der Waals surface area contributed by atoms with E-state index in [9.17, 15) is 0 Å². The number of thiocarbonyl (C=S) groups is 1. The number of rotatable bonds is 5. The van der Waals surface area contributed by atoms with Crippen LogP contribution in [-0.2, 0) is 10.2 Å². The van der Waals surface area contributed by atoms with E-state index in [1.165, 1.54) is 12.0 Å². The van der Waals surface area contributed by atoms with Crippen molar-refractivity contribution >= 4 is 52.3 Å². The molecule has 2 aromatic rings. The Labute approximate surface area is 205 Å². The summed E-state index contributed by atoms with van der Waals surface area (Å²) in [4.78, 5) is 11.3. The summed E-state index contributed by atoms with van der Waals surface area (Å²) in [6.07, 6.45) is 4.19. The standard InChI is InChI=1S/C23H29Cl2N5OS/c1-16-4-3-9-30(14-16)20-13-19(25)27-21(28-20)29-22(32)26-15-23(7-10-31-11-8-23)17-5-2-6-18(24)12-17/h2,5-6,12-13,16H,3-4,7-11,14-15H2,1H3,(H2,26,27,28,29,32)/t16-/m0/s1. The number of piperidine rings is 1. The number of halogens is 2. The van der Waals surface area contributed by atoms with Crippen LogP contribution in [-0.4, -0.2) is 47.9 Å². The van der Waals surface area contributed by atoms with E-state index >= 15 is 0 Å². The molecule has 6 nitrogen and oxygen atoms in total. The molecule has 32 heavy (non-hydrogen) atoms. The topological polar surface area (TPSA) is 62.3 Å². The molecule has 1 atom stereocenters. The molecule has 0 radical (unpaired) electrons. The molecule has 2 N–H and O–H groups in total. The highest BCUT2D eigenvalue weighted by Crippen LogP contribution is 2.35. The maximum Gasteiger partial charge on any atom is 0.232 e. The summed E-state index contributed by atoms with van der Waals surface area (Å²) in [5, 5.41) is 8.10. The Hall–Kier alpha value is -1.67. The Balaban J connectivity index is 1.44. The first-order chi connectivity index (χ1) is 15.4. The van der Waals surface area contributed by atoms with Crippen molar-refractivity contribution in [2.75, 3.05) is 43.1 Å². The molecule has 0 aliphatic carbocycles. The Bertz CT molecular complexity index is 954. The van der Waals surface area contributed by atoms with E-state index in [0.717, 1.165) is 43.2 Å². The molecule has 0 spiro atoms. The fourth-order valence-electron chi connectivity index (χ4n) is 4.56. The summed E-state index contributed by atoms with van der Waals surface area (Å²) >= 11 is 18.1. The number of nitrogens with zero attached hydrogens (tertiary/aromatic N) is 3. The fourth-order valence-corrected chi connectivity index (χ4v) is 5.10. The van der Waals surface area contributed by atoms with Gasteiger partial charge < -0.3 is 20.3 Å². The smallest absolute Gasteiger partial charge is 0.232 e. The molecule has 0 saturated carbocycles. The number of aromatic nitrogens is 2. The highest BCUT2D eigenvalue weighted by Gasteiger charge is 2.34. The van der Waals surface area contributed by atoms with Gasteiger partial charge in [0.15, 0.2) is 5.11 Å². The van der Waals surface area contributed by atoms with Crippen LogP contribution in [0, 0.1) is 5.92 Å². The number of hydrogen-bond acceptors (Lipinski definition) is 5. The third-order valence-corrected chi connectivity index (χ3v) is 7.04. The second-order valence-electron chi connectivity index (χ2n) is 8.78. The molecule has 172 valence electrons. The van der Waals surface area contributed by atoms with Gasteiger partial charge in [0, 0.05) is 49.4 Å². The molecular formula is C23H29Cl2N5OS. The van der Waals surface area contributed by atoms with Crippen LogP contribution in [0.5, 0.6) is 0 Å². The summed E-state index contributed by atoms with van der Waals surface area (Å²) < 4.78 is 5.62. The molecular weight excluding hydrogens is 465 g/mol. The van der Waals surface area contributed by atoms with Gasteiger partial charge in [-0.3, -0.25) is 0 Å². The summed E-state index contributed by atoms with van der Waals surface area (Å²) in [6, 6.07) is 9.87. The lowest BCUT2D eigenvalue weighted by atomic mass is 9.74.